The van der Waals surface area contributed by atoms with Crippen LogP contribution in [0.15, 0.2) is 0 Å². The molecule has 0 radical (unpaired) electrons. The van der Waals surface area contributed by atoms with Crippen molar-refractivity contribution in [2.24, 2.45) is 0 Å². The molecule has 0 aliphatic heterocycles. The fraction of sp³-hybridized carbons (Fsp3) is 1.00. The summed E-state index contributed by atoms with van der Waals surface area (Å²) in [7, 11) is 0. The van der Waals surface area contributed by atoms with Gasteiger partial charge < -0.3 is 0 Å². The molecule has 0 saturated heterocycles. The van der Waals surface area contributed by atoms with Gasteiger partial charge in [0.05, 0.1) is 0 Å². The Morgan fingerprint density at radius 1 is 1.50 bits per heavy atom. The zero-order valence-electron chi connectivity index (χ0n) is 5.68. The van der Waals surface area contributed by atoms with Crippen LogP contribution in [0.2, 0.25) is 0 Å². The second-order valence-electron chi connectivity index (χ2n) is 1.74. The standard InChI is InChI=1S/C3H7O.C2H5O.Sc/c1-3(2)4;1-2-3;/h3H,1-2H3;2H2,1H3;/q2*-1;+2. The topological polar surface area (TPSA) is 18.5 Å². The summed E-state index contributed by atoms with van der Waals surface area (Å²) in [5.74, 6) is 0. The van der Waals surface area contributed by atoms with Crippen molar-refractivity contribution >= 4 is 0 Å². The summed E-state index contributed by atoms with van der Waals surface area (Å²) in [6.07, 6.45) is 0.349. The molecule has 0 rings (SSSR count). The van der Waals surface area contributed by atoms with Crippen LogP contribution < -0.4 is 0 Å². The third-order valence-electron chi connectivity index (χ3n) is 0.562. The molecule has 0 saturated carbocycles. The number of hydrogen-bond donors (Lipinski definition) is 0. The third-order valence-corrected chi connectivity index (χ3v) is 2.32. The van der Waals surface area contributed by atoms with Gasteiger partial charge in [0.25, 0.3) is 0 Å². The van der Waals surface area contributed by atoms with E-state index in [0.29, 0.717) is 6.10 Å². The van der Waals surface area contributed by atoms with E-state index in [1.165, 1.54) is 0 Å². The van der Waals surface area contributed by atoms with E-state index in [1.54, 1.807) is 0 Å². The number of hydrogen-bond acceptors (Lipinski definition) is 2. The minimum atomic E-state index is -0.769. The fourth-order valence-electron chi connectivity index (χ4n) is 0.218. The van der Waals surface area contributed by atoms with Gasteiger partial charge in [0.2, 0.25) is 0 Å². The third kappa shape index (κ3) is 6.79. The van der Waals surface area contributed by atoms with Crippen LogP contribution in [0, 0.1) is 0 Å². The molecule has 0 N–H and O–H groups in total. The molecule has 0 bridgehead atoms. The van der Waals surface area contributed by atoms with E-state index >= 15 is 0 Å². The van der Waals surface area contributed by atoms with Crippen molar-refractivity contribution in [1.29, 1.82) is 0 Å². The van der Waals surface area contributed by atoms with Crippen LogP contribution in [0.25, 0.3) is 0 Å². The van der Waals surface area contributed by atoms with Crippen LogP contribution in [0.3, 0.4) is 0 Å². The normalized spacial score (nSPS) is 9.50. The Morgan fingerprint density at radius 3 is 2.50 bits per heavy atom. The SMILES string of the molecule is CC[O][Sc][O]C(C)C. The van der Waals surface area contributed by atoms with Crippen molar-refractivity contribution in [2.75, 3.05) is 6.61 Å². The molecule has 0 aliphatic carbocycles. The average Bonchev–Trinajstić information content (AvgIpc) is 1.66. The molecule has 0 aromatic heterocycles. The Balaban J connectivity index is 2.72. The van der Waals surface area contributed by atoms with Crippen LogP contribution in [-0.4, -0.2) is 12.7 Å². The van der Waals surface area contributed by atoms with Crippen LogP contribution >= 0.6 is 0 Å². The predicted molar refractivity (Wildman–Crippen MR) is 27.8 cm³/mol. The van der Waals surface area contributed by atoms with Gasteiger partial charge in [-0.2, -0.15) is 0 Å². The van der Waals surface area contributed by atoms with Gasteiger partial charge in [-0.3, -0.25) is 0 Å². The Morgan fingerprint density at radius 2 is 2.12 bits per heavy atom. The first kappa shape index (κ1) is 8.79. The van der Waals surface area contributed by atoms with Crippen LogP contribution in [-0.2, 0) is 29.5 Å². The average molecular weight is 149 g/mol. The quantitative estimate of drug-likeness (QED) is 0.562. The maximum absolute atomic E-state index is 5.22. The van der Waals surface area contributed by atoms with Gasteiger partial charge in [0, 0.05) is 0 Å². The molecule has 8 heavy (non-hydrogen) atoms. The van der Waals surface area contributed by atoms with Crippen molar-refractivity contribution in [3.63, 3.8) is 0 Å². The molecule has 0 spiro atoms. The van der Waals surface area contributed by atoms with Crippen LogP contribution in [0.5, 0.6) is 0 Å². The van der Waals surface area contributed by atoms with Crippen LogP contribution in [0.1, 0.15) is 20.8 Å². The van der Waals surface area contributed by atoms with Crippen molar-refractivity contribution in [3.8, 4) is 0 Å². The second-order valence-corrected chi connectivity index (χ2v) is 2.98. The molecule has 0 aliphatic rings. The first-order valence-corrected chi connectivity index (χ1v) is 4.33. The number of rotatable bonds is 4. The molecule has 0 aromatic rings. The summed E-state index contributed by atoms with van der Waals surface area (Å²) < 4.78 is 10.3. The van der Waals surface area contributed by atoms with Crippen molar-refractivity contribution in [1.82, 2.24) is 0 Å². The zero-order chi connectivity index (χ0) is 6.41. The molecule has 0 atom stereocenters. The van der Waals surface area contributed by atoms with Gasteiger partial charge in [-0.15, -0.1) is 0 Å². The molecule has 0 unspecified atom stereocenters. The van der Waals surface area contributed by atoms with E-state index in [2.05, 4.69) is 0 Å². The van der Waals surface area contributed by atoms with E-state index in [-0.39, 0.29) is 0 Å². The van der Waals surface area contributed by atoms with Gasteiger partial charge in [-0.05, 0) is 0 Å². The molecule has 0 amide bonds. The van der Waals surface area contributed by atoms with Gasteiger partial charge in [-0.25, -0.2) is 0 Å². The summed E-state index contributed by atoms with van der Waals surface area (Å²) in [6.45, 7) is 6.83. The Kier molecular flexibility index (Phi) is 6.50. The van der Waals surface area contributed by atoms with Gasteiger partial charge >= 0.3 is 63.0 Å². The molecular weight excluding hydrogens is 137 g/mol. The van der Waals surface area contributed by atoms with E-state index in [4.69, 9.17) is 5.71 Å². The first-order valence-electron chi connectivity index (χ1n) is 2.86. The zero-order valence-corrected chi connectivity index (χ0v) is 7.48. The van der Waals surface area contributed by atoms with Crippen LogP contribution in [0.4, 0.5) is 0 Å². The van der Waals surface area contributed by atoms with E-state index in [9.17, 15) is 0 Å². The first-order chi connectivity index (χ1) is 3.77. The van der Waals surface area contributed by atoms with E-state index in [0.717, 1.165) is 6.61 Å². The molecular formula is C5H12O2Sc. The maximum atomic E-state index is 5.22. The van der Waals surface area contributed by atoms with Gasteiger partial charge in [-0.1, -0.05) is 0 Å². The second kappa shape index (κ2) is 5.92. The fourth-order valence-corrected chi connectivity index (χ4v) is 0.901. The summed E-state index contributed by atoms with van der Waals surface area (Å²) in [5.41, 5.74) is 0. The molecule has 2 nitrogen and oxygen atoms in total. The summed E-state index contributed by atoms with van der Waals surface area (Å²) in [6, 6.07) is 0. The van der Waals surface area contributed by atoms with Crippen molar-refractivity contribution in [2.45, 2.75) is 26.9 Å². The van der Waals surface area contributed by atoms with Gasteiger partial charge in [0.15, 0.2) is 0 Å². The summed E-state index contributed by atoms with van der Waals surface area (Å²) in [4.78, 5) is 0. The molecule has 47 valence electrons. The Hall–Kier alpha value is 0.790. The monoisotopic (exact) mass is 149 g/mol. The van der Waals surface area contributed by atoms with E-state index in [1.807, 2.05) is 20.8 Å². The molecule has 0 fully saturated rings. The minimum absolute atomic E-state index is 0.349. The van der Waals surface area contributed by atoms with Crippen molar-refractivity contribution < 1.29 is 29.5 Å². The van der Waals surface area contributed by atoms with E-state index < -0.39 is 23.8 Å². The van der Waals surface area contributed by atoms with Gasteiger partial charge in [0.1, 0.15) is 0 Å². The predicted octanol–water partition coefficient (Wildman–Crippen LogP) is 1.36. The Labute approximate surface area is 63.1 Å². The molecule has 0 aromatic carbocycles. The Bertz CT molecular complexity index is 47.7. The summed E-state index contributed by atoms with van der Waals surface area (Å²) in [5, 5.41) is 0. The summed E-state index contributed by atoms with van der Waals surface area (Å²) >= 11 is -0.769. The van der Waals surface area contributed by atoms with Crippen molar-refractivity contribution in [3.05, 3.63) is 0 Å². The molecule has 0 heterocycles. The molecule has 3 heteroatoms.